The first-order chi connectivity index (χ1) is 18.7. The number of aryl methyl sites for hydroxylation is 1. The largest absolute Gasteiger partial charge is 0.476 e. The maximum atomic E-state index is 13.3. The average molecular weight is 557 g/mol. The number of rotatable bonds is 6. The zero-order chi connectivity index (χ0) is 29.2. The van der Waals surface area contributed by atoms with Crippen LogP contribution < -0.4 is 19.9 Å². The molecule has 2 N–H and O–H groups in total. The lowest BCUT2D eigenvalue weighted by Gasteiger charge is -2.39. The second-order valence-corrected chi connectivity index (χ2v) is 12.0. The van der Waals surface area contributed by atoms with Gasteiger partial charge < -0.3 is 24.8 Å². The van der Waals surface area contributed by atoms with Crippen molar-refractivity contribution in [3.63, 3.8) is 0 Å². The van der Waals surface area contributed by atoms with Crippen LogP contribution in [0.5, 0.6) is 5.75 Å². The number of ether oxygens (including phenoxy) is 2. The highest BCUT2D eigenvalue weighted by atomic mass is 19.1. The summed E-state index contributed by atoms with van der Waals surface area (Å²) in [6.07, 6.45) is -0.560. The van der Waals surface area contributed by atoms with Gasteiger partial charge in [0.05, 0.1) is 17.8 Å². The summed E-state index contributed by atoms with van der Waals surface area (Å²) in [6.45, 7) is 9.37. The number of benzene rings is 2. The van der Waals surface area contributed by atoms with Crippen LogP contribution in [0.2, 0.25) is 0 Å². The third kappa shape index (κ3) is 7.22. The molecule has 10 heteroatoms. The zero-order valence-corrected chi connectivity index (χ0v) is 24.3. The highest BCUT2D eigenvalue weighted by molar-refractivity contribution is 5.94. The van der Waals surface area contributed by atoms with Crippen LogP contribution >= 0.6 is 0 Å². The molecule has 0 saturated carbocycles. The van der Waals surface area contributed by atoms with E-state index in [4.69, 9.17) is 9.47 Å². The number of likely N-dealkylation sites (tertiary alicyclic amines) is 1. The Hall–Kier alpha value is -3.37. The smallest absolute Gasteiger partial charge is 0.415 e. The minimum Gasteiger partial charge on any atom is -0.476 e. The van der Waals surface area contributed by atoms with Gasteiger partial charge in [0.1, 0.15) is 17.2 Å². The number of aliphatic hydroxyl groups is 1. The van der Waals surface area contributed by atoms with Gasteiger partial charge in [-0.25, -0.2) is 9.18 Å². The number of carbonyl (C=O) groups is 2. The van der Waals surface area contributed by atoms with Crippen molar-refractivity contribution in [3.8, 4) is 5.75 Å². The molecule has 218 valence electrons. The average Bonchev–Trinajstić information content (AvgIpc) is 2.88. The Kier molecular flexibility index (Phi) is 8.60. The number of hydrogen-bond acceptors (Lipinski definition) is 7. The summed E-state index contributed by atoms with van der Waals surface area (Å²) in [5, 5.41) is 14.0. The SMILES string of the molecule is Cc1cc2c(cc1N(C)C)OC(C(=O)NCC1(O)CCN(Cc3ccc(F)cc3)CC1)CN2C(=O)OC(C)(C)C. The van der Waals surface area contributed by atoms with Gasteiger partial charge in [-0.15, -0.1) is 0 Å². The van der Waals surface area contributed by atoms with E-state index in [0.29, 0.717) is 43.9 Å². The molecule has 2 aliphatic rings. The molecule has 2 amide bonds. The summed E-state index contributed by atoms with van der Waals surface area (Å²) in [5.41, 5.74) is 1.66. The molecule has 0 aliphatic carbocycles. The summed E-state index contributed by atoms with van der Waals surface area (Å²) in [5.74, 6) is -0.256. The van der Waals surface area contributed by atoms with Crippen LogP contribution in [-0.4, -0.2) is 79.6 Å². The van der Waals surface area contributed by atoms with Crippen LogP contribution in [0, 0.1) is 12.7 Å². The van der Waals surface area contributed by atoms with Gasteiger partial charge in [0, 0.05) is 52.0 Å². The first kappa shape index (κ1) is 29.6. The fraction of sp³-hybridized carbons (Fsp3) is 0.533. The maximum Gasteiger partial charge on any atom is 0.415 e. The minimum atomic E-state index is -1.05. The van der Waals surface area contributed by atoms with E-state index in [1.54, 1.807) is 32.9 Å². The lowest BCUT2D eigenvalue weighted by Crippen LogP contribution is -2.55. The molecule has 40 heavy (non-hydrogen) atoms. The van der Waals surface area contributed by atoms with Gasteiger partial charge in [-0.3, -0.25) is 14.6 Å². The van der Waals surface area contributed by atoms with Crippen LogP contribution in [0.4, 0.5) is 20.6 Å². The molecule has 4 rings (SSSR count). The molecule has 0 bridgehead atoms. The third-order valence-electron chi connectivity index (χ3n) is 7.27. The Labute approximate surface area is 235 Å². The molecule has 0 aromatic heterocycles. The van der Waals surface area contributed by atoms with Crippen molar-refractivity contribution in [2.24, 2.45) is 0 Å². The lowest BCUT2D eigenvalue weighted by molar-refractivity contribution is -0.129. The Morgan fingerprint density at radius 1 is 1.18 bits per heavy atom. The van der Waals surface area contributed by atoms with Crippen molar-refractivity contribution in [2.75, 3.05) is 50.1 Å². The van der Waals surface area contributed by atoms with Gasteiger partial charge in [0.2, 0.25) is 0 Å². The second-order valence-electron chi connectivity index (χ2n) is 12.0. The lowest BCUT2D eigenvalue weighted by atomic mass is 9.91. The number of fused-ring (bicyclic) bond motifs is 1. The van der Waals surface area contributed by atoms with E-state index in [2.05, 4.69) is 10.2 Å². The summed E-state index contributed by atoms with van der Waals surface area (Å²) < 4.78 is 24.9. The predicted molar refractivity (Wildman–Crippen MR) is 152 cm³/mol. The van der Waals surface area contributed by atoms with Gasteiger partial charge in [-0.05, 0) is 69.9 Å². The molecule has 1 fully saturated rings. The van der Waals surface area contributed by atoms with Crippen LogP contribution in [0.25, 0.3) is 0 Å². The number of nitrogens with one attached hydrogen (secondary N) is 1. The van der Waals surface area contributed by atoms with Gasteiger partial charge in [0.15, 0.2) is 6.10 Å². The summed E-state index contributed by atoms with van der Waals surface area (Å²) in [4.78, 5) is 32.0. The van der Waals surface area contributed by atoms with Crippen LogP contribution in [0.1, 0.15) is 44.7 Å². The topological polar surface area (TPSA) is 94.6 Å². The number of piperidine rings is 1. The fourth-order valence-electron chi connectivity index (χ4n) is 5.05. The van der Waals surface area contributed by atoms with Crippen LogP contribution in [0.3, 0.4) is 0 Å². The number of halogens is 1. The quantitative estimate of drug-likeness (QED) is 0.558. The van der Waals surface area contributed by atoms with Crippen LogP contribution in [0.15, 0.2) is 36.4 Å². The molecule has 9 nitrogen and oxygen atoms in total. The molecule has 0 spiro atoms. The van der Waals surface area contributed by atoms with E-state index >= 15 is 0 Å². The molecule has 1 atom stereocenters. The van der Waals surface area contributed by atoms with Crippen LogP contribution in [-0.2, 0) is 16.1 Å². The molecule has 2 aromatic carbocycles. The van der Waals surface area contributed by atoms with Gasteiger partial charge >= 0.3 is 6.09 Å². The zero-order valence-electron chi connectivity index (χ0n) is 24.3. The monoisotopic (exact) mass is 556 g/mol. The molecular formula is C30H41FN4O5. The van der Waals surface area contributed by atoms with Crippen molar-refractivity contribution < 1.29 is 28.6 Å². The van der Waals surface area contributed by atoms with E-state index in [-0.39, 0.29) is 18.9 Å². The highest BCUT2D eigenvalue weighted by Crippen LogP contribution is 2.39. The highest BCUT2D eigenvalue weighted by Gasteiger charge is 2.38. The number of amides is 2. The molecule has 2 aromatic rings. The first-order valence-corrected chi connectivity index (χ1v) is 13.7. The normalized spacial score (nSPS) is 18.9. The number of hydrogen-bond donors (Lipinski definition) is 2. The van der Waals surface area contributed by atoms with E-state index in [1.807, 2.05) is 38.1 Å². The number of nitrogens with zero attached hydrogens (tertiary/aromatic N) is 3. The van der Waals surface area contributed by atoms with E-state index in [9.17, 15) is 19.1 Å². The number of anilines is 2. The summed E-state index contributed by atoms with van der Waals surface area (Å²) in [7, 11) is 3.83. The van der Waals surface area contributed by atoms with Crippen molar-refractivity contribution in [3.05, 3.63) is 53.3 Å². The Morgan fingerprint density at radius 2 is 1.82 bits per heavy atom. The summed E-state index contributed by atoms with van der Waals surface area (Å²) >= 11 is 0. The van der Waals surface area contributed by atoms with Crippen molar-refractivity contribution in [2.45, 2.75) is 64.4 Å². The molecule has 1 unspecified atom stereocenters. The predicted octanol–water partition coefficient (Wildman–Crippen LogP) is 3.85. The molecule has 2 heterocycles. The van der Waals surface area contributed by atoms with Crippen molar-refractivity contribution in [1.29, 1.82) is 0 Å². The molecule has 2 aliphatic heterocycles. The van der Waals surface area contributed by atoms with E-state index in [0.717, 1.165) is 16.8 Å². The van der Waals surface area contributed by atoms with Crippen molar-refractivity contribution in [1.82, 2.24) is 10.2 Å². The fourth-order valence-corrected chi connectivity index (χ4v) is 5.05. The molecule has 0 radical (unpaired) electrons. The first-order valence-electron chi connectivity index (χ1n) is 13.7. The second kappa shape index (κ2) is 11.6. The van der Waals surface area contributed by atoms with E-state index in [1.165, 1.54) is 17.0 Å². The maximum absolute atomic E-state index is 13.3. The molecular weight excluding hydrogens is 515 g/mol. The molecule has 1 saturated heterocycles. The Balaban J connectivity index is 1.41. The van der Waals surface area contributed by atoms with Crippen molar-refractivity contribution >= 4 is 23.4 Å². The van der Waals surface area contributed by atoms with Gasteiger partial charge in [-0.1, -0.05) is 12.1 Å². The Morgan fingerprint density at radius 3 is 2.42 bits per heavy atom. The standard InChI is InChI=1S/C30H41FN4O5/c1-20-15-24-25(16-23(20)33(5)6)39-26(18-35(24)28(37)40-29(2,3)4)27(36)32-19-30(38)11-13-34(14-12-30)17-21-7-9-22(31)10-8-21/h7-10,15-16,26,38H,11-14,17-19H2,1-6H3,(H,32,36). The summed E-state index contributed by atoms with van der Waals surface area (Å²) in [6, 6.07) is 10.1. The van der Waals surface area contributed by atoms with E-state index < -0.39 is 29.3 Å². The minimum absolute atomic E-state index is 0.0155. The number of carbonyl (C=O) groups excluding carboxylic acids is 2. The third-order valence-corrected chi connectivity index (χ3v) is 7.27. The Bertz CT molecular complexity index is 1220. The van der Waals surface area contributed by atoms with Gasteiger partial charge in [0.25, 0.3) is 5.91 Å². The van der Waals surface area contributed by atoms with Gasteiger partial charge in [-0.2, -0.15) is 0 Å².